The minimum Gasteiger partial charge on any atom is -0.362 e. The highest BCUT2D eigenvalue weighted by molar-refractivity contribution is 7.98. The van der Waals surface area contributed by atoms with Gasteiger partial charge in [0.15, 0.2) is 0 Å². The number of H-pyrrole nitrogens is 1. The molecule has 0 spiro atoms. The van der Waals surface area contributed by atoms with Gasteiger partial charge in [0.2, 0.25) is 0 Å². The first kappa shape index (κ1) is 13.4. The van der Waals surface area contributed by atoms with Crippen LogP contribution in [0.1, 0.15) is 11.4 Å². The summed E-state index contributed by atoms with van der Waals surface area (Å²) in [6.45, 7) is 0.466. The van der Waals surface area contributed by atoms with Crippen LogP contribution in [0.5, 0.6) is 0 Å². The van der Waals surface area contributed by atoms with Crippen molar-refractivity contribution in [2.45, 2.75) is 11.6 Å². The molecule has 0 radical (unpaired) electrons. The van der Waals surface area contributed by atoms with Gasteiger partial charge in [-0.2, -0.15) is 5.26 Å². The number of nitrogens with one attached hydrogen (secondary N) is 2. The van der Waals surface area contributed by atoms with Crippen LogP contribution >= 0.6 is 11.8 Å². The second kappa shape index (κ2) is 5.81. The summed E-state index contributed by atoms with van der Waals surface area (Å²) in [6, 6.07) is 9.97. The molecule has 0 aliphatic heterocycles. The number of anilines is 1. The Hall–Kier alpha value is -2.59. The van der Waals surface area contributed by atoms with Crippen molar-refractivity contribution in [1.82, 2.24) is 19.9 Å². The summed E-state index contributed by atoms with van der Waals surface area (Å²) in [4.78, 5) is 15.9. The maximum absolute atomic E-state index is 9.24. The Bertz CT molecular complexity index is 787. The van der Waals surface area contributed by atoms with Crippen LogP contribution in [0.2, 0.25) is 0 Å². The zero-order chi connectivity index (χ0) is 14.7. The molecule has 21 heavy (non-hydrogen) atoms. The summed E-state index contributed by atoms with van der Waals surface area (Å²) < 4.78 is 0. The predicted octanol–water partition coefficient (Wildman–Crippen LogP) is 2.56. The molecule has 0 atom stereocenters. The summed E-state index contributed by atoms with van der Waals surface area (Å²) in [5.74, 6) is 1.32. The number of hydrogen-bond acceptors (Lipinski definition) is 6. The van der Waals surface area contributed by atoms with E-state index < -0.39 is 0 Å². The van der Waals surface area contributed by atoms with Gasteiger partial charge < -0.3 is 10.3 Å². The SMILES string of the molecule is CSc1ncnc(NCc2nc3ccccc3[nH]2)c1C#N. The summed E-state index contributed by atoms with van der Waals surface area (Å²) in [7, 11) is 0. The number of imidazole rings is 1. The molecule has 0 aliphatic rings. The zero-order valence-corrected chi connectivity index (χ0v) is 12.1. The number of aromatic amines is 1. The maximum Gasteiger partial charge on any atom is 0.148 e. The van der Waals surface area contributed by atoms with Gasteiger partial charge in [0.1, 0.15) is 34.6 Å². The van der Waals surface area contributed by atoms with Crippen molar-refractivity contribution in [1.29, 1.82) is 5.26 Å². The fraction of sp³-hybridized carbons (Fsp3) is 0.143. The Labute approximate surface area is 125 Å². The van der Waals surface area contributed by atoms with Gasteiger partial charge in [0, 0.05) is 0 Å². The van der Waals surface area contributed by atoms with Crippen molar-refractivity contribution in [3.8, 4) is 6.07 Å². The predicted molar refractivity (Wildman–Crippen MR) is 81.9 cm³/mol. The first-order chi connectivity index (χ1) is 10.3. The van der Waals surface area contributed by atoms with E-state index in [4.69, 9.17) is 0 Å². The lowest BCUT2D eigenvalue weighted by Crippen LogP contribution is -2.06. The third-order valence-corrected chi connectivity index (χ3v) is 3.68. The molecule has 0 saturated carbocycles. The van der Waals surface area contributed by atoms with Crippen LogP contribution in [-0.4, -0.2) is 26.2 Å². The molecule has 0 bridgehead atoms. The molecule has 0 fully saturated rings. The zero-order valence-electron chi connectivity index (χ0n) is 11.3. The smallest absolute Gasteiger partial charge is 0.148 e. The van der Waals surface area contributed by atoms with Crippen molar-refractivity contribution in [2.24, 2.45) is 0 Å². The van der Waals surface area contributed by atoms with Gasteiger partial charge in [-0.25, -0.2) is 15.0 Å². The Morgan fingerprint density at radius 3 is 2.95 bits per heavy atom. The van der Waals surface area contributed by atoms with Gasteiger partial charge in [-0.15, -0.1) is 11.8 Å². The average Bonchev–Trinajstić information content (AvgIpc) is 2.95. The Morgan fingerprint density at radius 1 is 1.33 bits per heavy atom. The van der Waals surface area contributed by atoms with E-state index in [0.717, 1.165) is 16.9 Å². The van der Waals surface area contributed by atoms with Gasteiger partial charge in [-0.05, 0) is 18.4 Å². The fourth-order valence-electron chi connectivity index (χ4n) is 2.02. The molecule has 2 aromatic heterocycles. The number of hydrogen-bond donors (Lipinski definition) is 2. The van der Waals surface area contributed by atoms with E-state index in [0.29, 0.717) is 23.0 Å². The summed E-state index contributed by atoms with van der Waals surface area (Å²) >= 11 is 1.42. The molecule has 2 N–H and O–H groups in total. The Balaban J connectivity index is 1.83. The lowest BCUT2D eigenvalue weighted by molar-refractivity contribution is 0.966. The minimum absolute atomic E-state index is 0.459. The molecule has 104 valence electrons. The fourth-order valence-corrected chi connectivity index (χ4v) is 2.51. The van der Waals surface area contributed by atoms with Gasteiger partial charge in [-0.1, -0.05) is 12.1 Å². The van der Waals surface area contributed by atoms with E-state index in [9.17, 15) is 5.26 Å². The molecular formula is C14H12N6S. The van der Waals surface area contributed by atoms with E-state index in [-0.39, 0.29) is 0 Å². The first-order valence-corrected chi connectivity index (χ1v) is 7.51. The second-order valence-electron chi connectivity index (χ2n) is 4.27. The quantitative estimate of drug-likeness (QED) is 0.568. The normalized spacial score (nSPS) is 10.5. The van der Waals surface area contributed by atoms with E-state index in [1.54, 1.807) is 0 Å². The number of thioether (sulfide) groups is 1. The highest BCUT2D eigenvalue weighted by atomic mass is 32.2. The van der Waals surface area contributed by atoms with Crippen LogP contribution in [0.25, 0.3) is 11.0 Å². The van der Waals surface area contributed by atoms with Crippen LogP contribution in [-0.2, 0) is 6.54 Å². The van der Waals surface area contributed by atoms with Crippen LogP contribution in [0.4, 0.5) is 5.82 Å². The molecule has 0 unspecified atom stereocenters. The van der Waals surface area contributed by atoms with E-state index in [1.807, 2.05) is 30.5 Å². The summed E-state index contributed by atoms with van der Waals surface area (Å²) in [5, 5.41) is 13.0. The van der Waals surface area contributed by atoms with Crippen molar-refractivity contribution >= 4 is 28.6 Å². The highest BCUT2D eigenvalue weighted by Gasteiger charge is 2.10. The largest absolute Gasteiger partial charge is 0.362 e. The molecule has 0 saturated heterocycles. The lowest BCUT2D eigenvalue weighted by atomic mass is 10.3. The number of benzene rings is 1. The molecule has 0 amide bonds. The Kier molecular flexibility index (Phi) is 3.71. The molecule has 2 heterocycles. The van der Waals surface area contributed by atoms with Gasteiger partial charge in [-0.3, -0.25) is 0 Å². The van der Waals surface area contributed by atoms with E-state index >= 15 is 0 Å². The van der Waals surface area contributed by atoms with Crippen LogP contribution in [0, 0.1) is 11.3 Å². The molecule has 3 rings (SSSR count). The van der Waals surface area contributed by atoms with Crippen LogP contribution in [0.3, 0.4) is 0 Å². The lowest BCUT2D eigenvalue weighted by Gasteiger charge is -2.07. The highest BCUT2D eigenvalue weighted by Crippen LogP contribution is 2.22. The number of aromatic nitrogens is 4. The maximum atomic E-state index is 9.24. The molecular weight excluding hydrogens is 284 g/mol. The van der Waals surface area contributed by atoms with E-state index in [2.05, 4.69) is 31.3 Å². The minimum atomic E-state index is 0.459. The van der Waals surface area contributed by atoms with Crippen LogP contribution in [0.15, 0.2) is 35.6 Å². The summed E-state index contributed by atoms with van der Waals surface area (Å²) in [5.41, 5.74) is 2.37. The first-order valence-electron chi connectivity index (χ1n) is 6.28. The van der Waals surface area contributed by atoms with Crippen molar-refractivity contribution in [3.05, 3.63) is 42.0 Å². The second-order valence-corrected chi connectivity index (χ2v) is 5.07. The molecule has 6 nitrogen and oxygen atoms in total. The Morgan fingerprint density at radius 2 is 2.19 bits per heavy atom. The van der Waals surface area contributed by atoms with Crippen molar-refractivity contribution < 1.29 is 0 Å². The number of fused-ring (bicyclic) bond motifs is 1. The van der Waals surface area contributed by atoms with Crippen LogP contribution < -0.4 is 5.32 Å². The number of nitriles is 1. The molecule has 1 aromatic carbocycles. The molecule has 3 aromatic rings. The third-order valence-electron chi connectivity index (χ3n) is 2.98. The van der Waals surface area contributed by atoms with Gasteiger partial charge in [0.05, 0.1) is 17.6 Å². The van der Waals surface area contributed by atoms with Crippen molar-refractivity contribution in [2.75, 3.05) is 11.6 Å². The third kappa shape index (κ3) is 2.66. The standard InChI is InChI=1S/C14H12N6S/c1-21-14-9(6-15)13(17-8-18-14)16-7-12-19-10-4-2-3-5-11(10)20-12/h2-5,8H,7H2,1H3,(H,19,20)(H,16,17,18). The molecule has 0 aliphatic carbocycles. The van der Waals surface area contributed by atoms with Crippen molar-refractivity contribution in [3.63, 3.8) is 0 Å². The average molecular weight is 296 g/mol. The number of nitrogens with zero attached hydrogens (tertiary/aromatic N) is 4. The summed E-state index contributed by atoms with van der Waals surface area (Å²) in [6.07, 6.45) is 3.33. The van der Waals surface area contributed by atoms with Gasteiger partial charge >= 0.3 is 0 Å². The number of rotatable bonds is 4. The monoisotopic (exact) mass is 296 g/mol. The number of para-hydroxylation sites is 2. The van der Waals surface area contributed by atoms with E-state index in [1.165, 1.54) is 18.1 Å². The molecule has 7 heteroatoms. The van der Waals surface area contributed by atoms with Gasteiger partial charge in [0.25, 0.3) is 0 Å². The topological polar surface area (TPSA) is 90.3 Å².